The van der Waals surface area contributed by atoms with Crippen LogP contribution in [0, 0.1) is 0 Å². The zero-order valence-corrected chi connectivity index (χ0v) is 15.2. The van der Waals surface area contributed by atoms with E-state index in [1.165, 1.54) is 31.3 Å². The smallest absolute Gasteiger partial charge is 0.242 e. The fraction of sp³-hybridized carbons (Fsp3) is 0.500. The van der Waals surface area contributed by atoms with Crippen molar-refractivity contribution in [3.05, 3.63) is 47.5 Å². The number of guanidine groups is 1. The maximum absolute atomic E-state index is 12.0. The third-order valence-corrected chi connectivity index (χ3v) is 4.18. The first-order valence-electron chi connectivity index (χ1n) is 9.28. The molecule has 0 unspecified atom stereocenters. The van der Waals surface area contributed by atoms with Gasteiger partial charge in [-0.2, -0.15) is 0 Å². The zero-order valence-electron chi connectivity index (χ0n) is 15.2. The van der Waals surface area contributed by atoms with Gasteiger partial charge in [0.2, 0.25) is 5.91 Å². The zero-order chi connectivity index (χ0) is 17.7. The Morgan fingerprint density at radius 3 is 2.68 bits per heavy atom. The number of amides is 1. The van der Waals surface area contributed by atoms with Crippen LogP contribution in [-0.2, 0) is 11.3 Å². The van der Waals surface area contributed by atoms with Crippen molar-refractivity contribution in [1.29, 1.82) is 0 Å². The molecule has 1 aromatic carbocycles. The van der Waals surface area contributed by atoms with Crippen LogP contribution >= 0.6 is 0 Å². The first-order chi connectivity index (χ1) is 12.3. The summed E-state index contributed by atoms with van der Waals surface area (Å²) in [6, 6.07) is 9.89. The summed E-state index contributed by atoms with van der Waals surface area (Å²) < 4.78 is 0. The second-order valence-corrected chi connectivity index (χ2v) is 6.24. The molecule has 5 nitrogen and oxygen atoms in total. The molecule has 1 amide bonds. The fourth-order valence-corrected chi connectivity index (χ4v) is 2.82. The molecular formula is C20H30N4O. The van der Waals surface area contributed by atoms with Gasteiger partial charge in [0.25, 0.3) is 0 Å². The van der Waals surface area contributed by atoms with E-state index < -0.39 is 0 Å². The van der Waals surface area contributed by atoms with Crippen molar-refractivity contribution < 1.29 is 4.79 Å². The predicted molar refractivity (Wildman–Crippen MR) is 103 cm³/mol. The minimum Gasteiger partial charge on any atom is -0.357 e. The third kappa shape index (κ3) is 7.88. The van der Waals surface area contributed by atoms with Gasteiger partial charge in [-0.3, -0.25) is 4.79 Å². The Balaban J connectivity index is 1.71. The minimum absolute atomic E-state index is 0.0731. The summed E-state index contributed by atoms with van der Waals surface area (Å²) in [7, 11) is 0. The molecule has 5 heteroatoms. The van der Waals surface area contributed by atoms with Crippen molar-refractivity contribution in [2.24, 2.45) is 4.99 Å². The van der Waals surface area contributed by atoms with E-state index in [2.05, 4.69) is 27.0 Å². The van der Waals surface area contributed by atoms with Gasteiger partial charge >= 0.3 is 0 Å². The van der Waals surface area contributed by atoms with Crippen molar-refractivity contribution in [1.82, 2.24) is 16.0 Å². The largest absolute Gasteiger partial charge is 0.357 e. The van der Waals surface area contributed by atoms with E-state index in [-0.39, 0.29) is 12.5 Å². The Labute approximate surface area is 151 Å². The summed E-state index contributed by atoms with van der Waals surface area (Å²) in [4.78, 5) is 16.3. The summed E-state index contributed by atoms with van der Waals surface area (Å²) in [5.74, 6) is 0.629. The maximum Gasteiger partial charge on any atom is 0.242 e. The van der Waals surface area contributed by atoms with Gasteiger partial charge in [0.05, 0.1) is 0 Å². The molecule has 0 radical (unpaired) electrons. The Kier molecular flexibility index (Phi) is 8.59. The van der Waals surface area contributed by atoms with Crippen molar-refractivity contribution in [2.45, 2.75) is 45.6 Å². The highest BCUT2D eigenvalue weighted by molar-refractivity contribution is 5.84. The number of carbonyl (C=O) groups excluding carboxylic acids is 1. The molecule has 1 aromatic rings. The van der Waals surface area contributed by atoms with E-state index in [4.69, 9.17) is 0 Å². The maximum atomic E-state index is 12.0. The van der Waals surface area contributed by atoms with Crippen molar-refractivity contribution in [3.8, 4) is 0 Å². The molecule has 2 rings (SSSR count). The van der Waals surface area contributed by atoms with E-state index in [1.807, 2.05) is 37.3 Å². The average Bonchev–Trinajstić information content (AvgIpc) is 2.66. The predicted octanol–water partition coefficient (Wildman–Crippen LogP) is 2.75. The number of carbonyl (C=O) groups is 1. The topological polar surface area (TPSA) is 65.5 Å². The molecule has 0 saturated carbocycles. The Morgan fingerprint density at radius 2 is 1.96 bits per heavy atom. The van der Waals surface area contributed by atoms with Gasteiger partial charge in [-0.05, 0) is 44.6 Å². The molecule has 136 valence electrons. The Bertz CT molecular complexity index is 581. The second-order valence-electron chi connectivity index (χ2n) is 6.24. The lowest BCUT2D eigenvalue weighted by Crippen LogP contribution is -2.39. The van der Waals surface area contributed by atoms with Crippen LogP contribution in [0.2, 0.25) is 0 Å². The molecular weight excluding hydrogens is 312 g/mol. The monoisotopic (exact) mass is 342 g/mol. The lowest BCUT2D eigenvalue weighted by molar-refractivity contribution is -0.119. The van der Waals surface area contributed by atoms with Crippen LogP contribution in [0.3, 0.4) is 0 Å². The van der Waals surface area contributed by atoms with Crippen molar-refractivity contribution in [3.63, 3.8) is 0 Å². The molecule has 0 spiro atoms. The highest BCUT2D eigenvalue weighted by Crippen LogP contribution is 2.19. The van der Waals surface area contributed by atoms with E-state index in [0.717, 1.165) is 25.1 Å². The number of nitrogens with one attached hydrogen (secondary N) is 3. The summed E-state index contributed by atoms with van der Waals surface area (Å²) >= 11 is 0. The standard InChI is InChI=1S/C20H30N4O/c1-2-21-20(22-14-13-17-9-5-3-6-10-17)24-16-19(25)23-15-18-11-7-4-8-12-18/h4,7-9,11-12H,2-3,5-6,10,13-16H2,1H3,(H,23,25)(H2,21,22,24). The third-order valence-electron chi connectivity index (χ3n) is 4.18. The molecule has 0 fully saturated rings. The number of hydrogen-bond donors (Lipinski definition) is 3. The lowest BCUT2D eigenvalue weighted by atomic mass is 9.97. The second kappa shape index (κ2) is 11.3. The summed E-state index contributed by atoms with van der Waals surface area (Å²) in [5, 5.41) is 9.40. The molecule has 3 N–H and O–H groups in total. The molecule has 0 aliphatic heterocycles. The number of nitrogens with zero attached hydrogens (tertiary/aromatic N) is 1. The molecule has 1 aliphatic carbocycles. The quantitative estimate of drug-likeness (QED) is 0.387. The fourth-order valence-electron chi connectivity index (χ4n) is 2.82. The van der Waals surface area contributed by atoms with Crippen molar-refractivity contribution in [2.75, 3.05) is 19.6 Å². The summed E-state index contributed by atoms with van der Waals surface area (Å²) in [6.07, 6.45) is 8.47. The van der Waals surface area contributed by atoms with Crippen LogP contribution in [0.4, 0.5) is 0 Å². The van der Waals surface area contributed by atoms with Crippen LogP contribution in [0.1, 0.15) is 44.6 Å². The van der Waals surface area contributed by atoms with E-state index in [9.17, 15) is 4.79 Å². The Hall–Kier alpha value is -2.30. The highest BCUT2D eigenvalue weighted by atomic mass is 16.1. The Morgan fingerprint density at radius 1 is 1.12 bits per heavy atom. The van der Waals surface area contributed by atoms with E-state index in [1.54, 1.807) is 0 Å². The van der Waals surface area contributed by atoms with Gasteiger partial charge in [0, 0.05) is 19.6 Å². The first kappa shape index (κ1) is 19.0. The number of benzene rings is 1. The first-order valence-corrected chi connectivity index (χ1v) is 9.28. The lowest BCUT2D eigenvalue weighted by Gasteiger charge is -2.15. The molecule has 1 aliphatic rings. The van der Waals surface area contributed by atoms with Crippen molar-refractivity contribution >= 4 is 11.9 Å². The molecule has 0 atom stereocenters. The average molecular weight is 342 g/mol. The highest BCUT2D eigenvalue weighted by Gasteiger charge is 2.05. The molecule has 0 heterocycles. The number of rotatable bonds is 8. The van der Waals surface area contributed by atoms with Gasteiger partial charge < -0.3 is 16.0 Å². The normalized spacial score (nSPS) is 14.6. The molecule has 0 bridgehead atoms. The van der Waals surface area contributed by atoms with Crippen LogP contribution in [0.25, 0.3) is 0 Å². The van der Waals surface area contributed by atoms with E-state index in [0.29, 0.717) is 12.5 Å². The number of allylic oxidation sites excluding steroid dienone is 1. The SMILES string of the molecule is CCNC(=NCC(=O)NCc1ccccc1)NCCC1=CCCCC1. The summed E-state index contributed by atoms with van der Waals surface area (Å²) in [5.41, 5.74) is 2.63. The number of hydrogen-bond acceptors (Lipinski definition) is 2. The molecule has 0 aromatic heterocycles. The van der Waals surface area contributed by atoms with Gasteiger partial charge in [-0.25, -0.2) is 4.99 Å². The minimum atomic E-state index is -0.0731. The van der Waals surface area contributed by atoms with Crippen LogP contribution in [0.5, 0.6) is 0 Å². The van der Waals surface area contributed by atoms with Gasteiger partial charge in [0.15, 0.2) is 5.96 Å². The molecule has 0 saturated heterocycles. The molecule has 25 heavy (non-hydrogen) atoms. The van der Waals surface area contributed by atoms with Gasteiger partial charge in [-0.15, -0.1) is 0 Å². The van der Waals surface area contributed by atoms with Crippen LogP contribution < -0.4 is 16.0 Å². The van der Waals surface area contributed by atoms with Crippen LogP contribution in [0.15, 0.2) is 47.0 Å². The van der Waals surface area contributed by atoms with Crippen LogP contribution in [-0.4, -0.2) is 31.5 Å². The number of aliphatic imine (C=N–C) groups is 1. The van der Waals surface area contributed by atoms with Gasteiger partial charge in [0.1, 0.15) is 6.54 Å². The van der Waals surface area contributed by atoms with E-state index >= 15 is 0 Å². The van der Waals surface area contributed by atoms with Gasteiger partial charge in [-0.1, -0.05) is 42.0 Å². The summed E-state index contributed by atoms with van der Waals surface area (Å²) in [6.45, 7) is 4.32.